The Kier molecular flexibility index (Phi) is 5.99. The highest BCUT2D eigenvalue weighted by atomic mass is 32.2. The first-order valence-corrected chi connectivity index (χ1v) is 4.38. The molecule has 70 valence electrons. The molecule has 0 amide bonds. The monoisotopic (exact) mass is 212 g/mol. The Hall–Kier alpha value is 0.0500. The average molecular weight is 212 g/mol. The maximum atomic E-state index is 10.7. The van der Waals surface area contributed by atoms with Crippen LogP contribution in [0, 0.1) is 0 Å². The molecule has 0 aliphatic carbocycles. The first-order chi connectivity index (χ1) is 4.66. The highest BCUT2D eigenvalue weighted by Gasteiger charge is 2.44. The normalized spacial score (nSPS) is 11.8. The van der Waals surface area contributed by atoms with Crippen LogP contribution in [0.3, 0.4) is 0 Å². The maximum absolute atomic E-state index is 10.7. The number of thiol groups is 1. The van der Waals surface area contributed by atoms with E-state index in [9.17, 15) is 13.2 Å². The summed E-state index contributed by atoms with van der Waals surface area (Å²) in [5.74, 6) is 0.944. The van der Waals surface area contributed by atoms with Gasteiger partial charge in [0, 0.05) is 0 Å². The molecule has 0 radical (unpaired) electrons. The van der Waals surface area contributed by atoms with Gasteiger partial charge < -0.3 is 0 Å². The van der Waals surface area contributed by atoms with Gasteiger partial charge >= 0.3 is 15.6 Å². The molecule has 0 aromatic carbocycles. The van der Waals surface area contributed by atoms with Crippen LogP contribution in [0.25, 0.3) is 0 Å². The zero-order chi connectivity index (χ0) is 9.71. The lowest BCUT2D eigenvalue weighted by Crippen LogP contribution is -2.21. The molecule has 0 rings (SSSR count). The van der Waals surface area contributed by atoms with Gasteiger partial charge in [0.1, 0.15) is 0 Å². The molecular formula is C3H7F3O3S2. The molecule has 0 fully saturated rings. The van der Waals surface area contributed by atoms with Gasteiger partial charge in [0.25, 0.3) is 0 Å². The summed E-state index contributed by atoms with van der Waals surface area (Å²) in [6, 6.07) is 0. The molecule has 11 heavy (non-hydrogen) atoms. The van der Waals surface area contributed by atoms with Gasteiger partial charge in [0.05, 0.1) is 0 Å². The Morgan fingerprint density at radius 2 is 1.55 bits per heavy atom. The van der Waals surface area contributed by atoms with E-state index in [4.69, 9.17) is 13.0 Å². The van der Waals surface area contributed by atoms with Crippen LogP contribution in [0.4, 0.5) is 13.2 Å². The first kappa shape index (κ1) is 13.6. The molecule has 0 aromatic heterocycles. The maximum Gasteiger partial charge on any atom is 0.522 e. The average Bonchev–Trinajstić information content (AvgIpc) is 1.60. The van der Waals surface area contributed by atoms with Crippen LogP contribution < -0.4 is 0 Å². The lowest BCUT2D eigenvalue weighted by Gasteiger charge is -1.97. The van der Waals surface area contributed by atoms with E-state index in [-0.39, 0.29) is 0 Å². The van der Waals surface area contributed by atoms with E-state index >= 15 is 0 Å². The standard InChI is InChI=1S/C2H6S.CHF3O3S/c1-2-3;2-1(3,4)8(5,6)7/h3H,2H2,1H3;(H,5,6,7). The summed E-state index contributed by atoms with van der Waals surface area (Å²) >= 11 is 3.79. The number of hydrogen-bond donors (Lipinski definition) is 2. The number of alkyl halides is 3. The third-order valence-electron chi connectivity index (χ3n) is 0.292. The minimum absolute atomic E-state index is 0.944. The molecule has 1 N–H and O–H groups in total. The molecule has 0 bridgehead atoms. The molecule has 0 heterocycles. The van der Waals surface area contributed by atoms with Crippen LogP contribution in [0.5, 0.6) is 0 Å². The molecule has 8 heteroatoms. The Morgan fingerprint density at radius 1 is 1.45 bits per heavy atom. The fourth-order valence-electron chi connectivity index (χ4n) is 0. The third-order valence-corrected chi connectivity index (χ3v) is 0.877. The summed E-state index contributed by atoms with van der Waals surface area (Å²) in [6.07, 6.45) is 0. The van der Waals surface area contributed by atoms with Crippen molar-refractivity contribution in [3.63, 3.8) is 0 Å². The highest BCUT2D eigenvalue weighted by molar-refractivity contribution is 7.86. The zero-order valence-corrected chi connectivity index (χ0v) is 7.17. The largest absolute Gasteiger partial charge is 0.522 e. The third kappa shape index (κ3) is 7.95. The summed E-state index contributed by atoms with van der Waals surface area (Å²) in [5, 5.41) is 0. The molecule has 0 spiro atoms. The second-order valence-electron chi connectivity index (χ2n) is 1.24. The van der Waals surface area contributed by atoms with Crippen molar-refractivity contribution in [1.82, 2.24) is 0 Å². The van der Waals surface area contributed by atoms with Crippen LogP contribution in [0.15, 0.2) is 0 Å². The number of rotatable bonds is 0. The highest BCUT2D eigenvalue weighted by Crippen LogP contribution is 2.20. The lowest BCUT2D eigenvalue weighted by atomic mass is 11.0. The van der Waals surface area contributed by atoms with Crippen molar-refractivity contribution in [3.05, 3.63) is 0 Å². The predicted molar refractivity (Wildman–Crippen MR) is 37.1 cm³/mol. The molecule has 0 saturated carbocycles. The van der Waals surface area contributed by atoms with E-state index < -0.39 is 15.6 Å². The topological polar surface area (TPSA) is 54.4 Å². The molecular weight excluding hydrogens is 205 g/mol. The van der Waals surface area contributed by atoms with E-state index in [1.54, 1.807) is 0 Å². The van der Waals surface area contributed by atoms with Crippen molar-refractivity contribution < 1.29 is 26.1 Å². The SMILES string of the molecule is CCS.O=S(=O)(O)C(F)(F)F. The number of halogens is 3. The van der Waals surface area contributed by atoms with E-state index in [1.165, 1.54) is 0 Å². The fraction of sp³-hybridized carbons (Fsp3) is 1.00. The first-order valence-electron chi connectivity index (χ1n) is 2.31. The van der Waals surface area contributed by atoms with Crippen molar-refractivity contribution in [2.24, 2.45) is 0 Å². The van der Waals surface area contributed by atoms with Crippen LogP contribution in [-0.2, 0) is 10.1 Å². The van der Waals surface area contributed by atoms with Crippen LogP contribution in [-0.4, -0.2) is 24.2 Å². The van der Waals surface area contributed by atoms with E-state index in [0.717, 1.165) is 5.75 Å². The van der Waals surface area contributed by atoms with Crippen molar-refractivity contribution in [3.8, 4) is 0 Å². The minimum atomic E-state index is -5.84. The molecule has 0 aromatic rings. The van der Waals surface area contributed by atoms with E-state index in [2.05, 4.69) is 12.6 Å². The Balaban J connectivity index is 0. The Labute approximate surface area is 67.8 Å². The summed E-state index contributed by atoms with van der Waals surface area (Å²) in [4.78, 5) is 0. The summed E-state index contributed by atoms with van der Waals surface area (Å²) in [5.41, 5.74) is -5.53. The number of hydrogen-bond acceptors (Lipinski definition) is 3. The van der Waals surface area contributed by atoms with Crippen LogP contribution in [0.1, 0.15) is 6.92 Å². The molecule has 0 aliphatic rings. The summed E-state index contributed by atoms with van der Waals surface area (Å²) < 4.78 is 57.5. The van der Waals surface area contributed by atoms with Crippen LogP contribution >= 0.6 is 12.6 Å². The van der Waals surface area contributed by atoms with Crippen molar-refractivity contribution in [2.75, 3.05) is 5.75 Å². The fourth-order valence-corrected chi connectivity index (χ4v) is 0. The Morgan fingerprint density at radius 3 is 1.55 bits per heavy atom. The Bertz CT molecular complexity index is 182. The van der Waals surface area contributed by atoms with Gasteiger partial charge in [-0.1, -0.05) is 6.92 Å². The molecule has 0 aliphatic heterocycles. The van der Waals surface area contributed by atoms with Crippen molar-refractivity contribution in [2.45, 2.75) is 12.4 Å². The van der Waals surface area contributed by atoms with Gasteiger partial charge in [-0.3, -0.25) is 4.55 Å². The lowest BCUT2D eigenvalue weighted by molar-refractivity contribution is -0.0510. The summed E-state index contributed by atoms with van der Waals surface area (Å²) in [7, 11) is -5.84. The molecule has 0 atom stereocenters. The second-order valence-corrected chi connectivity index (χ2v) is 3.28. The van der Waals surface area contributed by atoms with Crippen molar-refractivity contribution in [1.29, 1.82) is 0 Å². The van der Waals surface area contributed by atoms with Gasteiger partial charge in [-0.05, 0) is 5.75 Å². The van der Waals surface area contributed by atoms with Gasteiger partial charge in [0.15, 0.2) is 0 Å². The van der Waals surface area contributed by atoms with Gasteiger partial charge in [0.2, 0.25) is 0 Å². The van der Waals surface area contributed by atoms with Gasteiger partial charge in [-0.15, -0.1) is 0 Å². The smallest absolute Gasteiger partial charge is 0.279 e. The quantitative estimate of drug-likeness (QED) is 0.362. The van der Waals surface area contributed by atoms with Crippen molar-refractivity contribution >= 4 is 22.7 Å². The predicted octanol–water partition coefficient (Wildman–Crippen LogP) is 1.33. The van der Waals surface area contributed by atoms with Gasteiger partial charge in [-0.2, -0.15) is 34.2 Å². The molecule has 3 nitrogen and oxygen atoms in total. The molecule has 0 unspecified atom stereocenters. The minimum Gasteiger partial charge on any atom is -0.279 e. The molecule has 0 saturated heterocycles. The summed E-state index contributed by atoms with van der Waals surface area (Å²) in [6.45, 7) is 1.99. The second kappa shape index (κ2) is 4.83. The van der Waals surface area contributed by atoms with E-state index in [1.807, 2.05) is 6.92 Å². The van der Waals surface area contributed by atoms with Crippen LogP contribution in [0.2, 0.25) is 0 Å². The van der Waals surface area contributed by atoms with E-state index in [0.29, 0.717) is 0 Å². The van der Waals surface area contributed by atoms with Gasteiger partial charge in [-0.25, -0.2) is 0 Å². The zero-order valence-electron chi connectivity index (χ0n) is 5.46.